The molecule has 6 nitrogen and oxygen atoms in total. The van der Waals surface area contributed by atoms with Crippen molar-refractivity contribution in [3.63, 3.8) is 0 Å². The first kappa shape index (κ1) is 24.9. The molecule has 0 aliphatic carbocycles. The maximum Gasteiger partial charge on any atom is 0.266 e. The van der Waals surface area contributed by atoms with Gasteiger partial charge in [0.1, 0.15) is 17.4 Å². The zero-order valence-corrected chi connectivity index (χ0v) is 21.0. The van der Waals surface area contributed by atoms with Crippen LogP contribution in [-0.4, -0.2) is 27.5 Å². The van der Waals surface area contributed by atoms with Gasteiger partial charge in [-0.1, -0.05) is 54.6 Å². The monoisotopic (exact) mass is 507 g/mol. The summed E-state index contributed by atoms with van der Waals surface area (Å²) >= 11 is 0. The zero-order valence-electron chi connectivity index (χ0n) is 21.0. The van der Waals surface area contributed by atoms with Gasteiger partial charge in [-0.3, -0.25) is 14.2 Å². The molecule has 0 spiro atoms. The molecule has 1 amide bonds. The lowest BCUT2D eigenvalue weighted by Crippen LogP contribution is -2.37. The van der Waals surface area contributed by atoms with Crippen molar-refractivity contribution in [3.05, 3.63) is 136 Å². The van der Waals surface area contributed by atoms with Crippen LogP contribution in [0.3, 0.4) is 0 Å². The topological polar surface area (TPSA) is 64.4 Å². The molecule has 5 aromatic rings. The molecule has 1 heterocycles. The molecule has 0 fully saturated rings. The van der Waals surface area contributed by atoms with Crippen molar-refractivity contribution < 1.29 is 13.9 Å². The fourth-order valence-corrected chi connectivity index (χ4v) is 4.54. The number of halogens is 1. The Hall–Kier alpha value is -4.78. The predicted octanol–water partition coefficient (Wildman–Crippen LogP) is 5.94. The van der Waals surface area contributed by atoms with Crippen molar-refractivity contribution >= 4 is 16.8 Å². The van der Waals surface area contributed by atoms with Crippen LogP contribution in [0, 0.1) is 5.82 Å². The average molecular weight is 508 g/mol. The van der Waals surface area contributed by atoms with Crippen LogP contribution in [0.4, 0.5) is 4.39 Å². The number of hydrogen-bond donors (Lipinski definition) is 0. The molecular formula is C31H26FN3O3. The third-order valence-corrected chi connectivity index (χ3v) is 6.52. The van der Waals surface area contributed by atoms with Crippen molar-refractivity contribution in [2.45, 2.75) is 19.5 Å². The Kier molecular flexibility index (Phi) is 7.00. The quantitative estimate of drug-likeness (QED) is 0.274. The van der Waals surface area contributed by atoms with Crippen molar-refractivity contribution in [3.8, 4) is 11.4 Å². The Bertz CT molecular complexity index is 1650. The van der Waals surface area contributed by atoms with Crippen LogP contribution in [0.15, 0.2) is 108 Å². The molecule has 0 aliphatic heterocycles. The Morgan fingerprint density at radius 1 is 0.921 bits per heavy atom. The lowest BCUT2D eigenvalue weighted by molar-refractivity contribution is 0.0664. The van der Waals surface area contributed by atoms with E-state index in [9.17, 15) is 14.0 Å². The number of rotatable bonds is 7. The molecule has 0 saturated heterocycles. The van der Waals surface area contributed by atoms with Crippen LogP contribution in [-0.2, 0) is 6.54 Å². The fourth-order valence-electron chi connectivity index (χ4n) is 4.54. The summed E-state index contributed by atoms with van der Waals surface area (Å²) in [6.45, 7) is 2.10. The summed E-state index contributed by atoms with van der Waals surface area (Å²) in [5, 5.41) is 0.453. The number of aromatic nitrogens is 2. The third-order valence-electron chi connectivity index (χ3n) is 6.52. The minimum absolute atomic E-state index is 0.257. The molecular weight excluding hydrogens is 481 g/mol. The number of amides is 1. The van der Waals surface area contributed by atoms with Crippen molar-refractivity contribution in [1.82, 2.24) is 14.5 Å². The van der Waals surface area contributed by atoms with Gasteiger partial charge in [-0.15, -0.1) is 0 Å². The van der Waals surface area contributed by atoms with E-state index in [-0.39, 0.29) is 18.0 Å². The largest absolute Gasteiger partial charge is 0.495 e. The predicted molar refractivity (Wildman–Crippen MR) is 145 cm³/mol. The number of ether oxygens (including phenoxy) is 1. The fraction of sp³-hybridized carbons (Fsp3) is 0.129. The number of carbonyl (C=O) groups excluding carboxylic acids is 1. The van der Waals surface area contributed by atoms with Crippen LogP contribution in [0.2, 0.25) is 0 Å². The highest BCUT2D eigenvalue weighted by molar-refractivity contribution is 5.94. The lowest BCUT2D eigenvalue weighted by atomic mass is 10.1. The second-order valence-electron chi connectivity index (χ2n) is 8.90. The second-order valence-corrected chi connectivity index (χ2v) is 8.90. The van der Waals surface area contributed by atoms with Gasteiger partial charge in [0.25, 0.3) is 11.5 Å². The highest BCUT2D eigenvalue weighted by Gasteiger charge is 2.28. The molecule has 0 bridgehead atoms. The Morgan fingerprint density at radius 3 is 2.32 bits per heavy atom. The van der Waals surface area contributed by atoms with Crippen molar-refractivity contribution in [2.24, 2.45) is 0 Å². The first-order valence-electron chi connectivity index (χ1n) is 12.2. The number of fused-ring (bicyclic) bond motifs is 1. The molecule has 0 N–H and O–H groups in total. The van der Waals surface area contributed by atoms with E-state index in [4.69, 9.17) is 9.72 Å². The minimum Gasteiger partial charge on any atom is -0.495 e. The number of methoxy groups -OCH3 is 1. The van der Waals surface area contributed by atoms with Crippen LogP contribution < -0.4 is 10.3 Å². The van der Waals surface area contributed by atoms with Gasteiger partial charge >= 0.3 is 0 Å². The Balaban J connectivity index is 1.72. The Labute approximate surface area is 219 Å². The van der Waals surface area contributed by atoms with Gasteiger partial charge in [0.2, 0.25) is 0 Å². The molecule has 0 saturated carbocycles. The Morgan fingerprint density at radius 2 is 1.58 bits per heavy atom. The van der Waals surface area contributed by atoms with Gasteiger partial charge in [0.05, 0.1) is 29.7 Å². The molecule has 1 unspecified atom stereocenters. The summed E-state index contributed by atoms with van der Waals surface area (Å²) in [6.07, 6.45) is 0. The van der Waals surface area contributed by atoms with E-state index in [1.54, 1.807) is 42.3 Å². The van der Waals surface area contributed by atoms with Crippen LogP contribution in [0.5, 0.6) is 5.75 Å². The third kappa shape index (κ3) is 4.78. The lowest BCUT2D eigenvalue weighted by Gasteiger charge is -2.31. The SMILES string of the molecule is COc1ccccc1-n1c(C(C)N(Cc2ccccc2)C(=O)c2ccc(F)cc2)nc2ccccc2c1=O. The van der Waals surface area contributed by atoms with Gasteiger partial charge in [0.15, 0.2) is 0 Å². The van der Waals surface area contributed by atoms with E-state index in [0.717, 1.165) is 5.56 Å². The summed E-state index contributed by atoms with van der Waals surface area (Å²) in [5.74, 6) is 0.143. The van der Waals surface area contributed by atoms with E-state index in [1.807, 2.05) is 55.5 Å². The van der Waals surface area contributed by atoms with Crippen molar-refractivity contribution in [1.29, 1.82) is 0 Å². The molecule has 0 radical (unpaired) electrons. The standard InChI is InChI=1S/C31H26FN3O3/c1-21(34(20-22-10-4-3-5-11-22)30(36)23-16-18-24(32)19-17-23)29-33-26-13-7-6-12-25(26)31(37)35(29)27-14-8-9-15-28(27)38-2/h3-19,21H,20H2,1-2H3. The van der Waals surface area contributed by atoms with E-state index in [1.165, 1.54) is 28.8 Å². The van der Waals surface area contributed by atoms with Gasteiger partial charge in [-0.25, -0.2) is 9.37 Å². The number of para-hydroxylation sites is 3. The zero-order chi connectivity index (χ0) is 26.6. The summed E-state index contributed by atoms with van der Waals surface area (Å²) in [5.41, 5.74) is 2.02. The molecule has 1 atom stereocenters. The highest BCUT2D eigenvalue weighted by Crippen LogP contribution is 2.29. The average Bonchev–Trinajstić information content (AvgIpc) is 2.96. The van der Waals surface area contributed by atoms with Crippen LogP contribution in [0.1, 0.15) is 34.7 Å². The number of hydrogen-bond acceptors (Lipinski definition) is 4. The molecule has 0 aliphatic rings. The van der Waals surface area contributed by atoms with Gasteiger partial charge < -0.3 is 9.64 Å². The van der Waals surface area contributed by atoms with E-state index in [0.29, 0.717) is 33.7 Å². The van der Waals surface area contributed by atoms with E-state index < -0.39 is 11.9 Å². The number of nitrogens with zero attached hydrogens (tertiary/aromatic N) is 3. The maximum absolute atomic E-state index is 13.9. The number of carbonyl (C=O) groups is 1. The first-order chi connectivity index (χ1) is 18.5. The van der Waals surface area contributed by atoms with E-state index in [2.05, 4.69) is 0 Å². The first-order valence-corrected chi connectivity index (χ1v) is 12.2. The summed E-state index contributed by atoms with van der Waals surface area (Å²) in [7, 11) is 1.54. The van der Waals surface area contributed by atoms with Gasteiger partial charge in [-0.05, 0) is 61.0 Å². The molecule has 190 valence electrons. The summed E-state index contributed by atoms with van der Waals surface area (Å²) < 4.78 is 20.7. The minimum atomic E-state index is -0.644. The number of benzene rings is 4. The smallest absolute Gasteiger partial charge is 0.266 e. The molecule has 5 rings (SSSR count). The maximum atomic E-state index is 13.9. The summed E-state index contributed by atoms with van der Waals surface area (Å²) in [6, 6.07) is 28.7. The molecule has 1 aromatic heterocycles. The van der Waals surface area contributed by atoms with Crippen molar-refractivity contribution in [2.75, 3.05) is 7.11 Å². The summed E-state index contributed by atoms with van der Waals surface area (Å²) in [4.78, 5) is 34.3. The highest BCUT2D eigenvalue weighted by atomic mass is 19.1. The van der Waals surface area contributed by atoms with Crippen LogP contribution in [0.25, 0.3) is 16.6 Å². The normalized spacial score (nSPS) is 11.8. The molecule has 4 aromatic carbocycles. The van der Waals surface area contributed by atoms with Gasteiger partial charge in [0, 0.05) is 12.1 Å². The second kappa shape index (κ2) is 10.7. The van der Waals surface area contributed by atoms with Crippen LogP contribution >= 0.6 is 0 Å². The molecule has 7 heteroatoms. The van der Waals surface area contributed by atoms with E-state index >= 15 is 0 Å². The molecule has 38 heavy (non-hydrogen) atoms. The van der Waals surface area contributed by atoms with Gasteiger partial charge in [-0.2, -0.15) is 0 Å².